The number of nitriles is 1. The standard InChI is InChI=1S/C45H40N10O18S7.O3S/c1-22-14-33(51-53-39-23(2)29(20-46)43-47-30-8-9-37(79(67,68)69)24(3)41(30)55(43)44(39)57)35(73-10-4-12-76(58,59)60)18-31(22)49-52-34-15-26(21-56)32(19-36(34)74-11-5-13-77(61,62)63)50-54-45-48-40-38(80(70,71)72)16-25-6-7-27(78(64,65)66)17-28(25)42(40)75-45;1-4(2)3/h6-9,14-19,56-57H,4-5,10-13,21H2,1-3H3,(H,58,59,60)(H,61,62,63)(H,64,65,66)(H,67,68,69)(H,70,71,72);. The molecule has 0 aliphatic heterocycles. The Balaban J connectivity index is 0.00000245. The smallest absolute Gasteiger partial charge is 0.425 e. The average molecular weight is 1310 g/mol. The number of thiazole rings is 1. The first-order valence-electron chi connectivity index (χ1n) is 23.1. The van der Waals surface area contributed by atoms with Gasteiger partial charge in [0, 0.05) is 27.5 Å². The molecule has 0 bridgehead atoms. The van der Waals surface area contributed by atoms with Crippen molar-refractivity contribution in [3.8, 4) is 17.7 Å². The van der Waals surface area contributed by atoms with Gasteiger partial charge in [0.25, 0.3) is 50.6 Å². The Morgan fingerprint density at radius 3 is 1.95 bits per heavy atom. The lowest BCUT2D eigenvalue weighted by atomic mass is 10.1. The lowest BCUT2D eigenvalue weighted by Gasteiger charge is -2.12. The largest absolute Gasteiger partial charge is 0.493 e. The number of azo groups is 3. The highest BCUT2D eigenvalue weighted by atomic mass is 32.2. The number of hydrogen-bond donors (Lipinski definition) is 7. The van der Waals surface area contributed by atoms with Gasteiger partial charge in [-0.2, -0.15) is 52.5 Å². The number of nitrogens with zero attached hydrogens (tertiary/aromatic N) is 10. The van der Waals surface area contributed by atoms with E-state index >= 15 is 0 Å². The summed E-state index contributed by atoms with van der Waals surface area (Å²) in [5.41, 5.74) is 0.101. The Bertz CT molecular complexity index is 4890. The molecule has 0 amide bonds. The van der Waals surface area contributed by atoms with Crippen LogP contribution in [-0.4, -0.2) is 126 Å². The molecule has 3 aromatic heterocycles. The van der Waals surface area contributed by atoms with Crippen LogP contribution in [-0.2, 0) is 67.8 Å². The predicted molar refractivity (Wildman–Crippen MR) is 299 cm³/mol. The summed E-state index contributed by atoms with van der Waals surface area (Å²) in [7, 11) is -26.3. The number of rotatable bonds is 20. The summed E-state index contributed by atoms with van der Waals surface area (Å²) in [5.74, 6) is -1.96. The Kier molecular flexibility index (Phi) is 19.1. The van der Waals surface area contributed by atoms with Crippen LogP contribution in [0.2, 0.25) is 0 Å². The molecule has 0 saturated carbocycles. The van der Waals surface area contributed by atoms with E-state index in [0.717, 1.165) is 51.8 Å². The molecule has 84 heavy (non-hydrogen) atoms. The minimum atomic E-state index is -4.92. The topological polar surface area (TPSA) is 501 Å². The van der Waals surface area contributed by atoms with E-state index in [1.165, 1.54) is 50.2 Å². The van der Waals surface area contributed by atoms with Gasteiger partial charge in [-0.15, -0.1) is 50.0 Å². The highest BCUT2D eigenvalue weighted by Crippen LogP contribution is 2.45. The van der Waals surface area contributed by atoms with Crippen molar-refractivity contribution in [2.45, 2.75) is 59.8 Å². The lowest BCUT2D eigenvalue weighted by molar-refractivity contribution is 0.282. The number of fused-ring (bicyclic) bond motifs is 6. The van der Waals surface area contributed by atoms with Crippen LogP contribution >= 0.6 is 23.1 Å². The molecule has 39 heteroatoms. The number of pyridine rings is 1. The number of hydrogen-bond acceptors (Lipinski definition) is 27. The molecule has 0 atom stereocenters. The fourth-order valence-electron chi connectivity index (χ4n) is 8.04. The van der Waals surface area contributed by atoms with E-state index in [0.29, 0.717) is 5.56 Å². The van der Waals surface area contributed by atoms with Gasteiger partial charge in [0.05, 0.1) is 67.3 Å². The molecule has 0 saturated heterocycles. The molecule has 444 valence electrons. The van der Waals surface area contributed by atoms with Gasteiger partial charge < -0.3 is 14.9 Å². The maximum absolute atomic E-state index is 12.5. The molecule has 7 N–H and O–H groups in total. The molecular weight excluding hydrogens is 1270 g/mol. The third-order valence-electron chi connectivity index (χ3n) is 11.8. The van der Waals surface area contributed by atoms with Crippen molar-refractivity contribution >= 4 is 156 Å². The van der Waals surface area contributed by atoms with Crippen LogP contribution in [0.3, 0.4) is 0 Å². The molecule has 31 nitrogen and oxygen atoms in total. The Labute approximate surface area is 485 Å². The van der Waals surface area contributed by atoms with Gasteiger partial charge >= 0.3 is 10.6 Å². The van der Waals surface area contributed by atoms with Gasteiger partial charge in [-0.25, -0.2) is 9.97 Å². The van der Waals surface area contributed by atoms with Gasteiger partial charge in [0.15, 0.2) is 11.3 Å². The van der Waals surface area contributed by atoms with E-state index in [9.17, 15) is 80.3 Å². The first-order valence-corrected chi connectivity index (χ1v) is 33.4. The second kappa shape index (κ2) is 25.0. The fourth-order valence-corrected chi connectivity index (χ4v) is 13.1. The maximum Gasteiger partial charge on any atom is 0.425 e. The van der Waals surface area contributed by atoms with E-state index < -0.39 is 99.9 Å². The summed E-state index contributed by atoms with van der Waals surface area (Å²) in [6, 6.07) is 14.3. The highest BCUT2D eigenvalue weighted by Gasteiger charge is 2.26. The molecule has 8 aromatic rings. The SMILES string of the molecule is Cc1cc(N=Nc2c(C)c(C#N)c3nc4ccc(S(=O)(=O)O)c(C)c4n3c2O)c(OCCCS(=O)(=O)O)cc1N=Nc1cc(CO)c(N=Nc2nc3c(S(=O)(=O)O)cc4ccc(S(=O)(=O)O)cc4c3s2)cc1SCCCS(=O)(=O)O.O=S(=O)=O. The van der Waals surface area contributed by atoms with Crippen LogP contribution in [0.15, 0.2) is 111 Å². The van der Waals surface area contributed by atoms with Gasteiger partial charge in [-0.3, -0.25) is 27.2 Å². The minimum Gasteiger partial charge on any atom is -0.493 e. The summed E-state index contributed by atoms with van der Waals surface area (Å²) in [5, 5.41) is 58.3. The van der Waals surface area contributed by atoms with Crippen molar-refractivity contribution in [1.82, 2.24) is 14.4 Å². The predicted octanol–water partition coefficient (Wildman–Crippen LogP) is 8.25. The zero-order valence-electron chi connectivity index (χ0n) is 42.8. The van der Waals surface area contributed by atoms with E-state index in [1.54, 1.807) is 6.92 Å². The molecule has 0 unspecified atom stereocenters. The van der Waals surface area contributed by atoms with Crippen LogP contribution in [0.1, 0.15) is 40.7 Å². The van der Waals surface area contributed by atoms with Crippen molar-refractivity contribution in [1.29, 1.82) is 5.26 Å². The maximum atomic E-state index is 12.5. The highest BCUT2D eigenvalue weighted by molar-refractivity contribution is 7.99. The Hall–Kier alpha value is -7.43. The number of ether oxygens (including phenoxy) is 1. The van der Waals surface area contributed by atoms with E-state index in [1.807, 2.05) is 6.07 Å². The second-order valence-corrected chi connectivity index (χ2v) is 27.3. The van der Waals surface area contributed by atoms with Crippen LogP contribution in [0.25, 0.3) is 37.7 Å². The number of imidazole rings is 1. The second-order valence-electron chi connectivity index (χ2n) is 17.5. The van der Waals surface area contributed by atoms with E-state index in [-0.39, 0.29) is 129 Å². The molecule has 0 aliphatic rings. The number of benzene rings is 5. The number of aryl methyl sites for hydroxylation is 2. The monoisotopic (exact) mass is 1310 g/mol. The summed E-state index contributed by atoms with van der Waals surface area (Å²) >= 11 is 1.78. The zero-order valence-corrected chi connectivity index (χ0v) is 49.3. The first kappa shape index (κ1) is 64.1. The van der Waals surface area contributed by atoms with Gasteiger partial charge in [-0.1, -0.05) is 17.4 Å². The fraction of sp³-hybridized carbons (Fsp3) is 0.222. The number of aliphatic hydroxyl groups is 1. The molecule has 0 fully saturated rings. The van der Waals surface area contributed by atoms with Gasteiger partial charge in [0.2, 0.25) is 11.0 Å². The number of thioether (sulfide) groups is 1. The lowest BCUT2D eigenvalue weighted by Crippen LogP contribution is -2.08. The van der Waals surface area contributed by atoms with Gasteiger partial charge in [0.1, 0.15) is 33.5 Å². The summed E-state index contributed by atoms with van der Waals surface area (Å²) in [6.45, 7) is 3.38. The van der Waals surface area contributed by atoms with E-state index in [4.69, 9.17) is 17.4 Å². The number of aromatic nitrogens is 3. The van der Waals surface area contributed by atoms with Crippen molar-refractivity contribution in [3.05, 3.63) is 88.5 Å². The molecule has 5 aromatic carbocycles. The Morgan fingerprint density at radius 2 is 1.33 bits per heavy atom. The molecule has 3 heterocycles. The van der Waals surface area contributed by atoms with Crippen molar-refractivity contribution < 1.29 is 92.4 Å². The zero-order chi connectivity index (χ0) is 62.0. The van der Waals surface area contributed by atoms with Crippen LogP contribution in [0, 0.1) is 32.1 Å². The number of aliphatic hydroxyl groups excluding tert-OH is 1. The quantitative estimate of drug-likeness (QED) is 0.0163. The summed E-state index contributed by atoms with van der Waals surface area (Å²) < 4.78 is 200. The van der Waals surface area contributed by atoms with Crippen LogP contribution in [0.5, 0.6) is 11.6 Å². The van der Waals surface area contributed by atoms with Crippen LogP contribution < -0.4 is 4.74 Å². The summed E-state index contributed by atoms with van der Waals surface area (Å²) in [4.78, 5) is 7.26. The van der Waals surface area contributed by atoms with Crippen molar-refractivity contribution in [2.75, 3.05) is 23.9 Å². The summed E-state index contributed by atoms with van der Waals surface area (Å²) in [6.07, 6.45) is -0.274. The normalized spacial score (nSPS) is 12.8. The molecule has 0 aliphatic carbocycles. The molecule has 0 spiro atoms. The van der Waals surface area contributed by atoms with Crippen molar-refractivity contribution in [3.63, 3.8) is 0 Å². The number of aromatic hydroxyl groups is 1. The molecule has 8 rings (SSSR count). The third-order valence-corrected chi connectivity index (χ3v) is 18.2. The van der Waals surface area contributed by atoms with Crippen molar-refractivity contribution in [2.24, 2.45) is 30.7 Å². The third kappa shape index (κ3) is 15.1. The van der Waals surface area contributed by atoms with Crippen LogP contribution in [0.4, 0.5) is 33.6 Å². The van der Waals surface area contributed by atoms with E-state index in [2.05, 4.69) is 40.7 Å². The Morgan fingerprint density at radius 1 is 0.702 bits per heavy atom. The minimum absolute atomic E-state index is 0.00971. The van der Waals surface area contributed by atoms with Gasteiger partial charge in [-0.05, 0) is 104 Å². The molecular formula is C45H40N10O21S8. The average Bonchev–Trinajstić information content (AvgIpc) is 1.79. The first-order chi connectivity index (χ1) is 39.1. The molecule has 0 radical (unpaired) electrons.